The highest BCUT2D eigenvalue weighted by Gasteiger charge is 2.08. The molecule has 116 valence electrons. The van der Waals surface area contributed by atoms with E-state index in [2.05, 4.69) is 26.2 Å². The quantitative estimate of drug-likeness (QED) is 0.658. The van der Waals surface area contributed by atoms with Crippen LogP contribution in [0.25, 0.3) is 11.7 Å². The minimum atomic E-state index is -0.225. The highest BCUT2D eigenvalue weighted by Crippen LogP contribution is 2.21. The average Bonchev–Trinajstić information content (AvgIpc) is 2.83. The van der Waals surface area contributed by atoms with Crippen LogP contribution in [-0.2, 0) is 4.79 Å². The summed E-state index contributed by atoms with van der Waals surface area (Å²) in [6, 6.07) is 11.3. The Balaban J connectivity index is 1.81. The lowest BCUT2D eigenvalue weighted by molar-refractivity contribution is -0.111. The first kappa shape index (κ1) is 15.8. The normalized spacial score (nSPS) is 11.3. The van der Waals surface area contributed by atoms with E-state index >= 15 is 0 Å². The molecule has 0 bridgehead atoms. The number of carbonyl (C=O) groups excluding carboxylic acids is 1. The van der Waals surface area contributed by atoms with Gasteiger partial charge < -0.3 is 5.32 Å². The van der Waals surface area contributed by atoms with E-state index in [-0.39, 0.29) is 5.91 Å². The van der Waals surface area contributed by atoms with Crippen LogP contribution in [0.15, 0.2) is 53.1 Å². The summed E-state index contributed by atoms with van der Waals surface area (Å²) < 4.78 is 2.80. The van der Waals surface area contributed by atoms with Crippen molar-refractivity contribution in [3.05, 3.63) is 69.6 Å². The van der Waals surface area contributed by atoms with Gasteiger partial charge in [-0.25, -0.2) is 4.98 Å². The third kappa shape index (κ3) is 3.46. The molecular formula is C17H13BrClN3O. The summed E-state index contributed by atoms with van der Waals surface area (Å²) in [4.78, 5) is 16.3. The zero-order valence-electron chi connectivity index (χ0n) is 12.3. The summed E-state index contributed by atoms with van der Waals surface area (Å²) >= 11 is 9.53. The fourth-order valence-corrected chi connectivity index (χ4v) is 2.95. The Morgan fingerprint density at radius 2 is 2.17 bits per heavy atom. The number of benzene rings is 1. The van der Waals surface area contributed by atoms with Gasteiger partial charge in [-0.1, -0.05) is 33.6 Å². The standard InChI is InChI=1S/C17H13BrClN3O/c1-11-10-12(18)5-6-13(11)20-16(23)8-7-14-17(19)21-15-4-2-3-9-22(14)15/h2-10H,1H3,(H,20,23)/b8-7+. The number of carbonyl (C=O) groups is 1. The first-order valence-corrected chi connectivity index (χ1v) is 8.09. The number of anilines is 1. The second-order valence-electron chi connectivity index (χ2n) is 5.00. The third-order valence-corrected chi connectivity index (χ3v) is 4.13. The van der Waals surface area contributed by atoms with E-state index < -0.39 is 0 Å². The Morgan fingerprint density at radius 3 is 2.96 bits per heavy atom. The highest BCUT2D eigenvalue weighted by molar-refractivity contribution is 9.10. The minimum absolute atomic E-state index is 0.225. The molecule has 3 aromatic rings. The first-order valence-electron chi connectivity index (χ1n) is 6.92. The molecule has 0 saturated carbocycles. The summed E-state index contributed by atoms with van der Waals surface area (Å²) in [5.74, 6) is -0.225. The van der Waals surface area contributed by atoms with E-state index in [0.29, 0.717) is 10.8 Å². The molecule has 2 aromatic heterocycles. The number of nitrogens with zero attached hydrogens (tertiary/aromatic N) is 2. The number of aryl methyl sites for hydroxylation is 1. The van der Waals surface area contributed by atoms with Crippen molar-refractivity contribution in [2.24, 2.45) is 0 Å². The smallest absolute Gasteiger partial charge is 0.248 e. The fourth-order valence-electron chi connectivity index (χ4n) is 2.23. The Kier molecular flexibility index (Phi) is 4.50. The molecule has 1 N–H and O–H groups in total. The lowest BCUT2D eigenvalue weighted by Gasteiger charge is -2.06. The van der Waals surface area contributed by atoms with E-state index in [9.17, 15) is 4.79 Å². The van der Waals surface area contributed by atoms with E-state index in [1.54, 1.807) is 6.08 Å². The predicted octanol–water partition coefficient (Wildman–Crippen LogP) is 4.71. The molecule has 0 aliphatic carbocycles. The van der Waals surface area contributed by atoms with Gasteiger partial charge in [0.05, 0.1) is 5.69 Å². The minimum Gasteiger partial charge on any atom is -0.322 e. The lowest BCUT2D eigenvalue weighted by atomic mass is 10.2. The molecule has 0 spiro atoms. The Hall–Kier alpha value is -2.11. The molecule has 1 amide bonds. The lowest BCUT2D eigenvalue weighted by Crippen LogP contribution is -2.08. The Bertz CT molecular complexity index is 917. The van der Waals surface area contributed by atoms with Crippen molar-refractivity contribution in [1.82, 2.24) is 9.38 Å². The highest BCUT2D eigenvalue weighted by atomic mass is 79.9. The maximum Gasteiger partial charge on any atom is 0.248 e. The SMILES string of the molecule is Cc1cc(Br)ccc1NC(=O)/C=C/c1c(Cl)nc2ccccn12. The summed E-state index contributed by atoms with van der Waals surface area (Å²) in [5.41, 5.74) is 3.16. The Morgan fingerprint density at radius 1 is 1.35 bits per heavy atom. The first-order chi connectivity index (χ1) is 11.0. The summed E-state index contributed by atoms with van der Waals surface area (Å²) in [5, 5.41) is 3.21. The van der Waals surface area contributed by atoms with Crippen LogP contribution in [0.2, 0.25) is 5.15 Å². The number of hydrogen-bond donors (Lipinski definition) is 1. The van der Waals surface area contributed by atoms with E-state index in [1.807, 2.05) is 53.9 Å². The van der Waals surface area contributed by atoms with Gasteiger partial charge in [-0.15, -0.1) is 0 Å². The largest absolute Gasteiger partial charge is 0.322 e. The van der Waals surface area contributed by atoms with Crippen molar-refractivity contribution in [2.75, 3.05) is 5.32 Å². The summed E-state index contributed by atoms with van der Waals surface area (Å²) in [7, 11) is 0. The molecule has 0 unspecified atom stereocenters. The van der Waals surface area contributed by atoms with Crippen molar-refractivity contribution in [3.8, 4) is 0 Å². The third-order valence-electron chi connectivity index (χ3n) is 3.36. The number of nitrogens with one attached hydrogen (secondary N) is 1. The topological polar surface area (TPSA) is 46.4 Å². The van der Waals surface area contributed by atoms with Crippen LogP contribution in [0.5, 0.6) is 0 Å². The van der Waals surface area contributed by atoms with Gasteiger partial charge in [0.25, 0.3) is 0 Å². The van der Waals surface area contributed by atoms with Crippen LogP contribution in [0.1, 0.15) is 11.3 Å². The van der Waals surface area contributed by atoms with E-state index in [4.69, 9.17) is 11.6 Å². The second kappa shape index (κ2) is 6.56. The zero-order valence-corrected chi connectivity index (χ0v) is 14.6. The van der Waals surface area contributed by atoms with Crippen LogP contribution in [0, 0.1) is 6.92 Å². The van der Waals surface area contributed by atoms with Gasteiger partial charge in [-0.3, -0.25) is 9.20 Å². The summed E-state index contributed by atoms with van der Waals surface area (Å²) in [6.07, 6.45) is 4.96. The molecule has 0 fully saturated rings. The molecule has 0 aliphatic rings. The van der Waals surface area contributed by atoms with Crippen molar-refractivity contribution in [2.45, 2.75) is 6.92 Å². The molecule has 0 aliphatic heterocycles. The van der Waals surface area contributed by atoms with Crippen LogP contribution >= 0.6 is 27.5 Å². The van der Waals surface area contributed by atoms with E-state index in [0.717, 1.165) is 21.4 Å². The van der Waals surface area contributed by atoms with Crippen LogP contribution < -0.4 is 5.32 Å². The maximum absolute atomic E-state index is 12.1. The van der Waals surface area contributed by atoms with Crippen LogP contribution in [0.3, 0.4) is 0 Å². The Labute approximate surface area is 146 Å². The van der Waals surface area contributed by atoms with Gasteiger partial charge in [0, 0.05) is 22.4 Å². The molecule has 0 atom stereocenters. The number of aromatic nitrogens is 2. The monoisotopic (exact) mass is 389 g/mol. The maximum atomic E-state index is 12.1. The number of fused-ring (bicyclic) bond motifs is 1. The number of pyridine rings is 1. The number of rotatable bonds is 3. The van der Waals surface area contributed by atoms with Crippen LogP contribution in [-0.4, -0.2) is 15.3 Å². The van der Waals surface area contributed by atoms with Gasteiger partial charge in [-0.05, 0) is 48.9 Å². The molecule has 0 saturated heterocycles. The number of halogens is 2. The fraction of sp³-hybridized carbons (Fsp3) is 0.0588. The van der Waals surface area contributed by atoms with Crippen molar-refractivity contribution in [1.29, 1.82) is 0 Å². The van der Waals surface area contributed by atoms with Crippen molar-refractivity contribution >= 4 is 50.8 Å². The van der Waals surface area contributed by atoms with E-state index in [1.165, 1.54) is 6.08 Å². The molecular weight excluding hydrogens is 378 g/mol. The number of amides is 1. The van der Waals surface area contributed by atoms with Gasteiger partial charge >= 0.3 is 0 Å². The van der Waals surface area contributed by atoms with Crippen LogP contribution in [0.4, 0.5) is 5.69 Å². The molecule has 4 nitrogen and oxygen atoms in total. The second-order valence-corrected chi connectivity index (χ2v) is 6.27. The zero-order chi connectivity index (χ0) is 16.4. The molecule has 1 aromatic carbocycles. The molecule has 6 heteroatoms. The van der Waals surface area contributed by atoms with Gasteiger partial charge in [0.2, 0.25) is 5.91 Å². The van der Waals surface area contributed by atoms with Gasteiger partial charge in [-0.2, -0.15) is 0 Å². The van der Waals surface area contributed by atoms with Gasteiger partial charge in [0.1, 0.15) is 5.65 Å². The molecule has 0 radical (unpaired) electrons. The average molecular weight is 391 g/mol. The number of hydrogen-bond acceptors (Lipinski definition) is 2. The summed E-state index contributed by atoms with van der Waals surface area (Å²) in [6.45, 7) is 1.94. The van der Waals surface area contributed by atoms with Crippen molar-refractivity contribution < 1.29 is 4.79 Å². The van der Waals surface area contributed by atoms with Gasteiger partial charge in [0.15, 0.2) is 5.15 Å². The molecule has 3 rings (SSSR count). The van der Waals surface area contributed by atoms with Crippen molar-refractivity contribution in [3.63, 3.8) is 0 Å². The predicted molar refractivity (Wildman–Crippen MR) is 96.7 cm³/mol. The molecule has 2 heterocycles. The number of imidazole rings is 1. The molecule has 23 heavy (non-hydrogen) atoms.